The normalized spacial score (nSPS) is 11.0. The van der Waals surface area contributed by atoms with Gasteiger partial charge in [0.2, 0.25) is 0 Å². The van der Waals surface area contributed by atoms with Crippen molar-refractivity contribution in [3.8, 4) is 22.8 Å². The van der Waals surface area contributed by atoms with Crippen molar-refractivity contribution in [3.63, 3.8) is 0 Å². The Morgan fingerprint density at radius 3 is 2.50 bits per heavy atom. The van der Waals surface area contributed by atoms with Crippen molar-refractivity contribution in [1.82, 2.24) is 25.2 Å². The third-order valence-corrected chi connectivity index (χ3v) is 5.47. The molecular weight excluding hydrogens is 448 g/mol. The smallest absolute Gasteiger partial charge is 0.250 e. The van der Waals surface area contributed by atoms with Gasteiger partial charge in [-0.15, -0.1) is 10.2 Å². The molecule has 2 aromatic heterocycles. The van der Waals surface area contributed by atoms with Gasteiger partial charge in [-0.2, -0.15) is 5.10 Å². The highest BCUT2D eigenvalue weighted by Gasteiger charge is 2.17. The number of pyridine rings is 1. The number of nitrogens with one attached hydrogen (secondary N) is 1. The molecule has 2 N–H and O–H groups in total. The molecule has 2 aromatic carbocycles. The minimum atomic E-state index is -0.291. The van der Waals surface area contributed by atoms with E-state index < -0.39 is 0 Å². The van der Waals surface area contributed by atoms with Gasteiger partial charge in [-0.3, -0.25) is 14.3 Å². The lowest BCUT2D eigenvalue weighted by Gasteiger charge is -2.10. The van der Waals surface area contributed by atoms with Gasteiger partial charge >= 0.3 is 0 Å². The van der Waals surface area contributed by atoms with Crippen LogP contribution in [-0.4, -0.2) is 42.7 Å². The van der Waals surface area contributed by atoms with E-state index in [-0.39, 0.29) is 17.4 Å². The molecule has 10 heteroatoms. The van der Waals surface area contributed by atoms with E-state index in [0.717, 1.165) is 16.8 Å². The van der Waals surface area contributed by atoms with Crippen LogP contribution in [0.5, 0.6) is 5.75 Å². The highest BCUT2D eigenvalue weighted by molar-refractivity contribution is 7.99. The summed E-state index contributed by atoms with van der Waals surface area (Å²) in [5.74, 6) is 0.595. The molecule has 1 amide bonds. The van der Waals surface area contributed by atoms with Crippen LogP contribution in [0.25, 0.3) is 17.1 Å². The van der Waals surface area contributed by atoms with Crippen LogP contribution in [-0.2, 0) is 4.79 Å². The summed E-state index contributed by atoms with van der Waals surface area (Å²) in [7, 11) is 0. The fourth-order valence-electron chi connectivity index (χ4n) is 2.78. The number of halogens is 1. The van der Waals surface area contributed by atoms with Crippen LogP contribution in [0.2, 0.25) is 5.02 Å². The van der Waals surface area contributed by atoms with E-state index in [2.05, 4.69) is 25.7 Å². The zero-order valence-electron chi connectivity index (χ0n) is 16.6. The first kappa shape index (κ1) is 21.5. The highest BCUT2D eigenvalue weighted by atomic mass is 35.5. The highest BCUT2D eigenvalue weighted by Crippen LogP contribution is 2.28. The average molecular weight is 465 g/mol. The maximum atomic E-state index is 12.3. The fraction of sp³-hybridized carbons (Fsp3) is 0.0455. The Balaban J connectivity index is 1.49. The van der Waals surface area contributed by atoms with E-state index >= 15 is 0 Å². The van der Waals surface area contributed by atoms with Gasteiger partial charge in [0.25, 0.3) is 5.91 Å². The van der Waals surface area contributed by atoms with E-state index in [4.69, 9.17) is 11.6 Å². The average Bonchev–Trinajstić information content (AvgIpc) is 3.24. The van der Waals surface area contributed by atoms with Crippen molar-refractivity contribution in [2.45, 2.75) is 5.16 Å². The second kappa shape index (κ2) is 10.1. The number of aromatic nitrogens is 4. The van der Waals surface area contributed by atoms with Crippen molar-refractivity contribution in [2.75, 3.05) is 5.75 Å². The molecule has 4 aromatic rings. The number of phenolic OH excluding ortho intramolecular Hbond substituents is 1. The van der Waals surface area contributed by atoms with E-state index in [9.17, 15) is 9.90 Å². The number of thioether (sulfide) groups is 1. The molecule has 0 saturated carbocycles. The number of amides is 1. The second-order valence-electron chi connectivity index (χ2n) is 6.53. The minimum Gasteiger partial charge on any atom is -0.508 e. The van der Waals surface area contributed by atoms with Crippen molar-refractivity contribution in [1.29, 1.82) is 0 Å². The molecule has 0 atom stereocenters. The number of carbonyl (C=O) groups is 1. The Morgan fingerprint density at radius 2 is 1.78 bits per heavy atom. The number of carbonyl (C=O) groups excluding carboxylic acids is 1. The maximum Gasteiger partial charge on any atom is 0.250 e. The predicted octanol–water partition coefficient (Wildman–Crippen LogP) is 3.93. The van der Waals surface area contributed by atoms with Crippen molar-refractivity contribution >= 4 is 35.5 Å². The van der Waals surface area contributed by atoms with Crippen LogP contribution in [0.3, 0.4) is 0 Å². The summed E-state index contributed by atoms with van der Waals surface area (Å²) in [4.78, 5) is 16.3. The predicted molar refractivity (Wildman–Crippen MR) is 124 cm³/mol. The molecule has 0 aliphatic rings. The number of benzene rings is 2. The molecule has 0 radical (unpaired) electrons. The summed E-state index contributed by atoms with van der Waals surface area (Å²) in [5, 5.41) is 23.0. The van der Waals surface area contributed by atoms with Gasteiger partial charge in [0.05, 0.1) is 12.0 Å². The minimum absolute atomic E-state index is 0.0922. The van der Waals surface area contributed by atoms with Crippen molar-refractivity contribution < 1.29 is 9.90 Å². The molecular formula is C22H17ClN6O2S. The molecule has 0 spiro atoms. The summed E-state index contributed by atoms with van der Waals surface area (Å²) in [6.07, 6.45) is 4.87. The number of hydrogen-bond acceptors (Lipinski definition) is 7. The van der Waals surface area contributed by atoms with Crippen LogP contribution >= 0.6 is 23.4 Å². The summed E-state index contributed by atoms with van der Waals surface area (Å²) < 4.78 is 1.86. The molecule has 32 heavy (non-hydrogen) atoms. The third kappa shape index (κ3) is 5.32. The Labute approximate surface area is 193 Å². The van der Waals surface area contributed by atoms with Gasteiger partial charge in [0.1, 0.15) is 5.75 Å². The first-order chi connectivity index (χ1) is 15.6. The number of rotatable bonds is 7. The van der Waals surface area contributed by atoms with Gasteiger partial charge in [0, 0.05) is 28.7 Å². The lowest BCUT2D eigenvalue weighted by Crippen LogP contribution is -2.20. The molecule has 0 aliphatic heterocycles. The Hall–Kier alpha value is -3.69. The van der Waals surface area contributed by atoms with Gasteiger partial charge in [0.15, 0.2) is 11.0 Å². The molecule has 2 heterocycles. The maximum absolute atomic E-state index is 12.3. The van der Waals surface area contributed by atoms with Crippen molar-refractivity contribution in [3.05, 3.63) is 83.6 Å². The summed E-state index contributed by atoms with van der Waals surface area (Å²) in [5.41, 5.74) is 4.90. The third-order valence-electron chi connectivity index (χ3n) is 4.29. The van der Waals surface area contributed by atoms with Gasteiger partial charge in [-0.25, -0.2) is 5.43 Å². The summed E-state index contributed by atoms with van der Waals surface area (Å²) in [6, 6.07) is 17.4. The molecule has 0 bridgehead atoms. The first-order valence-electron chi connectivity index (χ1n) is 9.45. The first-order valence-corrected chi connectivity index (χ1v) is 10.8. The zero-order chi connectivity index (χ0) is 22.3. The standard InChI is InChI=1S/C22H17ClN6O2S/c23-17-3-5-18(6-4-17)29-21(16-9-11-24-12-10-16)27-28-22(29)32-14-20(31)26-25-13-15-1-7-19(30)8-2-15/h1-13,30H,14H2,(H,26,31). The van der Waals surface area contributed by atoms with Gasteiger partial charge in [-0.05, 0) is 66.2 Å². The van der Waals surface area contributed by atoms with E-state index in [1.165, 1.54) is 18.0 Å². The van der Waals surface area contributed by atoms with Crippen LogP contribution in [0.15, 0.2) is 83.3 Å². The quantitative estimate of drug-likeness (QED) is 0.244. The second-order valence-corrected chi connectivity index (χ2v) is 7.91. The van der Waals surface area contributed by atoms with E-state index in [1.807, 2.05) is 28.8 Å². The lowest BCUT2D eigenvalue weighted by atomic mass is 10.2. The molecule has 0 unspecified atom stereocenters. The molecule has 0 fully saturated rings. The lowest BCUT2D eigenvalue weighted by molar-refractivity contribution is -0.118. The number of nitrogens with zero attached hydrogens (tertiary/aromatic N) is 5. The van der Waals surface area contributed by atoms with Gasteiger partial charge in [-0.1, -0.05) is 23.4 Å². The molecule has 0 saturated heterocycles. The Bertz CT molecular complexity index is 1230. The molecule has 0 aliphatic carbocycles. The Kier molecular flexibility index (Phi) is 6.78. The number of phenols is 1. The summed E-state index contributed by atoms with van der Waals surface area (Å²) >= 11 is 7.28. The SMILES string of the molecule is O=C(CSc1nnc(-c2ccncc2)n1-c1ccc(Cl)cc1)NN=Cc1ccc(O)cc1. The monoisotopic (exact) mass is 464 g/mol. The number of hydrogen-bond donors (Lipinski definition) is 2. The van der Waals surface area contributed by atoms with Crippen LogP contribution in [0, 0.1) is 0 Å². The summed E-state index contributed by atoms with van der Waals surface area (Å²) in [6.45, 7) is 0. The van der Waals surface area contributed by atoms with Crippen molar-refractivity contribution in [2.24, 2.45) is 5.10 Å². The van der Waals surface area contributed by atoms with Crippen LogP contribution in [0.1, 0.15) is 5.56 Å². The van der Waals surface area contributed by atoms with E-state index in [1.54, 1.807) is 48.8 Å². The van der Waals surface area contributed by atoms with Crippen LogP contribution < -0.4 is 5.43 Å². The topological polar surface area (TPSA) is 105 Å². The number of hydrazone groups is 1. The zero-order valence-corrected chi connectivity index (χ0v) is 18.2. The largest absolute Gasteiger partial charge is 0.508 e. The Morgan fingerprint density at radius 1 is 1.06 bits per heavy atom. The molecule has 4 rings (SSSR count). The molecule has 160 valence electrons. The van der Waals surface area contributed by atoms with E-state index in [0.29, 0.717) is 16.0 Å². The fourth-order valence-corrected chi connectivity index (χ4v) is 3.65. The van der Waals surface area contributed by atoms with Crippen LogP contribution in [0.4, 0.5) is 0 Å². The molecule has 8 nitrogen and oxygen atoms in total. The van der Waals surface area contributed by atoms with Gasteiger partial charge < -0.3 is 5.11 Å². The number of aromatic hydroxyl groups is 1.